The van der Waals surface area contributed by atoms with Gasteiger partial charge in [0.1, 0.15) is 0 Å². The molecule has 1 aromatic heterocycles. The van der Waals surface area contributed by atoms with E-state index in [0.29, 0.717) is 11.3 Å². The molecule has 0 bridgehead atoms. The number of rotatable bonds is 5. The molecule has 6 heteroatoms. The van der Waals surface area contributed by atoms with E-state index in [-0.39, 0.29) is 11.9 Å². The van der Waals surface area contributed by atoms with Gasteiger partial charge in [0.15, 0.2) is 10.6 Å². The number of H-pyrrole nitrogens is 1. The summed E-state index contributed by atoms with van der Waals surface area (Å²) in [6.07, 6.45) is 3.99. The van der Waals surface area contributed by atoms with E-state index in [2.05, 4.69) is 41.5 Å². The summed E-state index contributed by atoms with van der Waals surface area (Å²) in [5.41, 5.74) is 0.708. The summed E-state index contributed by atoms with van der Waals surface area (Å²) < 4.78 is 2.53. The Morgan fingerprint density at radius 3 is 2.62 bits per heavy atom. The van der Waals surface area contributed by atoms with Crippen molar-refractivity contribution in [1.82, 2.24) is 20.1 Å². The zero-order chi connectivity index (χ0) is 17.2. The largest absolute Gasteiger partial charge is 0.348 e. The molecule has 24 heavy (non-hydrogen) atoms. The maximum atomic E-state index is 13.0. The second-order valence-corrected chi connectivity index (χ2v) is 7.13. The molecule has 0 radical (unpaired) electrons. The number of aromatic amines is 1. The number of hydrogen-bond acceptors (Lipinski definition) is 3. The second-order valence-electron chi connectivity index (χ2n) is 6.75. The highest BCUT2D eigenvalue weighted by Gasteiger charge is 2.42. The highest BCUT2D eigenvalue weighted by molar-refractivity contribution is 7.71. The van der Waals surface area contributed by atoms with Gasteiger partial charge in [-0.2, -0.15) is 5.10 Å². The molecule has 3 rings (SSSR count). The Bertz CT molecular complexity index is 757. The van der Waals surface area contributed by atoms with E-state index in [0.717, 1.165) is 37.1 Å². The minimum absolute atomic E-state index is 0.0930. The van der Waals surface area contributed by atoms with Crippen LogP contribution in [0.3, 0.4) is 0 Å². The van der Waals surface area contributed by atoms with Crippen LogP contribution in [0, 0.1) is 4.77 Å². The molecule has 128 valence electrons. The third kappa shape index (κ3) is 3.02. The smallest absolute Gasteiger partial charge is 0.231 e. The molecule has 0 spiro atoms. The molecule has 5 nitrogen and oxygen atoms in total. The summed E-state index contributed by atoms with van der Waals surface area (Å²) in [4.78, 5) is 13.0. The van der Waals surface area contributed by atoms with E-state index in [1.807, 2.05) is 22.8 Å². The lowest BCUT2D eigenvalue weighted by molar-refractivity contribution is -0.126. The Kier molecular flexibility index (Phi) is 4.85. The third-order valence-corrected chi connectivity index (χ3v) is 5.21. The van der Waals surface area contributed by atoms with Gasteiger partial charge in [-0.1, -0.05) is 43.2 Å². The van der Waals surface area contributed by atoms with E-state index in [4.69, 9.17) is 12.2 Å². The number of carbonyl (C=O) groups excluding carboxylic acids is 1. The summed E-state index contributed by atoms with van der Waals surface area (Å²) in [6.45, 7) is 4.50. The SMILES string of the molecule is CC(C)n1c(CNC(=O)C2(c3ccccc3)CCCC2)n[nH]c1=S. The van der Waals surface area contributed by atoms with Crippen molar-refractivity contribution in [2.24, 2.45) is 0 Å². The first-order valence-corrected chi connectivity index (χ1v) is 8.95. The fourth-order valence-corrected chi connectivity index (χ4v) is 4.07. The van der Waals surface area contributed by atoms with Crippen molar-refractivity contribution in [2.75, 3.05) is 0 Å². The number of nitrogens with one attached hydrogen (secondary N) is 2. The van der Waals surface area contributed by atoms with Gasteiger partial charge in [-0.15, -0.1) is 0 Å². The van der Waals surface area contributed by atoms with Gasteiger partial charge in [-0.25, -0.2) is 0 Å². The summed E-state index contributed by atoms with van der Waals surface area (Å²) in [5.74, 6) is 0.861. The number of benzene rings is 1. The minimum Gasteiger partial charge on any atom is -0.348 e. The topological polar surface area (TPSA) is 62.7 Å². The van der Waals surface area contributed by atoms with Crippen LogP contribution in [0.2, 0.25) is 0 Å². The number of aromatic nitrogens is 3. The fraction of sp³-hybridized carbons (Fsp3) is 0.500. The predicted molar refractivity (Wildman–Crippen MR) is 96.2 cm³/mol. The summed E-state index contributed by atoms with van der Waals surface area (Å²) in [7, 11) is 0. The van der Waals surface area contributed by atoms with Crippen molar-refractivity contribution in [3.05, 3.63) is 46.5 Å². The quantitative estimate of drug-likeness (QED) is 0.814. The molecule has 2 aromatic rings. The molecule has 0 atom stereocenters. The van der Waals surface area contributed by atoms with Gasteiger partial charge in [0, 0.05) is 6.04 Å². The highest BCUT2D eigenvalue weighted by Crippen LogP contribution is 2.41. The van der Waals surface area contributed by atoms with Gasteiger partial charge in [-0.05, 0) is 44.5 Å². The van der Waals surface area contributed by atoms with Crippen LogP contribution in [-0.2, 0) is 16.8 Å². The zero-order valence-corrected chi connectivity index (χ0v) is 15.0. The van der Waals surface area contributed by atoms with Crippen molar-refractivity contribution in [1.29, 1.82) is 0 Å². The van der Waals surface area contributed by atoms with E-state index < -0.39 is 5.41 Å². The highest BCUT2D eigenvalue weighted by atomic mass is 32.1. The molecule has 1 aromatic carbocycles. The van der Waals surface area contributed by atoms with Crippen LogP contribution in [-0.4, -0.2) is 20.7 Å². The van der Waals surface area contributed by atoms with Gasteiger partial charge in [0.25, 0.3) is 0 Å². The Hall–Kier alpha value is -1.95. The summed E-state index contributed by atoms with van der Waals surface area (Å²) >= 11 is 5.27. The molecule has 1 aliphatic rings. The maximum absolute atomic E-state index is 13.0. The number of amides is 1. The van der Waals surface area contributed by atoms with Crippen LogP contribution in [0.15, 0.2) is 30.3 Å². The molecule has 1 amide bonds. The standard InChI is InChI=1S/C18H24N4OS/c1-13(2)22-15(20-21-17(22)24)12-19-16(23)18(10-6-7-11-18)14-8-4-3-5-9-14/h3-5,8-9,13H,6-7,10-12H2,1-2H3,(H,19,23)(H,21,24). The molecule has 1 heterocycles. The Morgan fingerprint density at radius 1 is 1.33 bits per heavy atom. The van der Waals surface area contributed by atoms with Crippen LogP contribution in [0.25, 0.3) is 0 Å². The van der Waals surface area contributed by atoms with Crippen LogP contribution in [0.5, 0.6) is 0 Å². The van der Waals surface area contributed by atoms with E-state index in [1.165, 1.54) is 0 Å². The van der Waals surface area contributed by atoms with Gasteiger partial charge in [-0.3, -0.25) is 9.89 Å². The van der Waals surface area contributed by atoms with Crippen LogP contribution in [0.1, 0.15) is 57.0 Å². The van der Waals surface area contributed by atoms with Crippen molar-refractivity contribution in [3.8, 4) is 0 Å². The number of carbonyl (C=O) groups is 1. The first kappa shape index (κ1) is 16.9. The lowest BCUT2D eigenvalue weighted by Gasteiger charge is -2.28. The molecule has 0 aliphatic heterocycles. The third-order valence-electron chi connectivity index (χ3n) is 4.92. The molecular weight excluding hydrogens is 320 g/mol. The molecule has 0 saturated heterocycles. The van der Waals surface area contributed by atoms with E-state index >= 15 is 0 Å². The molecule has 1 saturated carbocycles. The molecule has 0 unspecified atom stereocenters. The second kappa shape index (κ2) is 6.89. The first-order valence-electron chi connectivity index (χ1n) is 8.54. The average Bonchev–Trinajstić information content (AvgIpc) is 3.21. The van der Waals surface area contributed by atoms with E-state index in [9.17, 15) is 4.79 Å². The van der Waals surface area contributed by atoms with Gasteiger partial charge in [0.2, 0.25) is 5.91 Å². The minimum atomic E-state index is -0.406. The van der Waals surface area contributed by atoms with Crippen molar-refractivity contribution < 1.29 is 4.79 Å². The zero-order valence-electron chi connectivity index (χ0n) is 14.2. The first-order chi connectivity index (χ1) is 11.5. The molecular formula is C18H24N4OS. The van der Waals surface area contributed by atoms with Gasteiger partial charge in [0.05, 0.1) is 12.0 Å². The maximum Gasteiger partial charge on any atom is 0.231 e. The van der Waals surface area contributed by atoms with Crippen LogP contribution in [0.4, 0.5) is 0 Å². The molecule has 2 N–H and O–H groups in total. The lowest BCUT2D eigenvalue weighted by atomic mass is 9.78. The monoisotopic (exact) mass is 344 g/mol. The normalized spacial score (nSPS) is 16.5. The van der Waals surface area contributed by atoms with Gasteiger partial charge < -0.3 is 9.88 Å². The molecule has 1 aliphatic carbocycles. The van der Waals surface area contributed by atoms with Crippen LogP contribution < -0.4 is 5.32 Å². The summed E-state index contributed by atoms with van der Waals surface area (Å²) in [6, 6.07) is 10.3. The fourth-order valence-electron chi connectivity index (χ4n) is 3.71. The van der Waals surface area contributed by atoms with Gasteiger partial charge >= 0.3 is 0 Å². The average molecular weight is 344 g/mol. The van der Waals surface area contributed by atoms with Crippen LogP contribution >= 0.6 is 12.2 Å². The number of nitrogens with zero attached hydrogens (tertiary/aromatic N) is 2. The number of hydrogen-bond donors (Lipinski definition) is 2. The van der Waals surface area contributed by atoms with E-state index in [1.54, 1.807) is 0 Å². The van der Waals surface area contributed by atoms with Crippen molar-refractivity contribution in [3.63, 3.8) is 0 Å². The molecule has 1 fully saturated rings. The predicted octanol–water partition coefficient (Wildman–Crippen LogP) is 3.65. The Labute approximate surface area is 147 Å². The summed E-state index contributed by atoms with van der Waals surface area (Å²) in [5, 5.41) is 10.2. The Morgan fingerprint density at radius 2 is 2.00 bits per heavy atom. The van der Waals surface area contributed by atoms with Crippen molar-refractivity contribution >= 4 is 18.1 Å². The van der Waals surface area contributed by atoms with Crippen molar-refractivity contribution in [2.45, 2.75) is 57.5 Å². The lowest BCUT2D eigenvalue weighted by Crippen LogP contribution is -2.42. The Balaban J connectivity index is 1.80.